The average Bonchev–Trinajstić information content (AvgIpc) is 2.95. The summed E-state index contributed by atoms with van der Waals surface area (Å²) < 4.78 is 61.5. The molecule has 0 N–H and O–H groups in total. The third kappa shape index (κ3) is 4.66. The number of alkyl halides is 3. The molecule has 0 aliphatic heterocycles. The number of rotatable bonds is 5. The molecule has 0 amide bonds. The van der Waals surface area contributed by atoms with Crippen molar-refractivity contribution in [2.75, 3.05) is 0 Å². The minimum absolute atomic E-state index is 0.00335. The van der Waals surface area contributed by atoms with Crippen molar-refractivity contribution in [3.05, 3.63) is 69.8 Å². The van der Waals surface area contributed by atoms with Crippen LogP contribution >= 0.6 is 11.6 Å². The summed E-state index contributed by atoms with van der Waals surface area (Å²) in [7, 11) is 0. The summed E-state index contributed by atoms with van der Waals surface area (Å²) in [5.41, 5.74) is 2.99. The van der Waals surface area contributed by atoms with E-state index in [2.05, 4.69) is 9.84 Å². The SMILES string of the molecule is Cc1nn(-c2ccc(C#N)c(Cl)c2)c(C)c1COc1ccc(F)c(OC(F)(F)F)c1. The summed E-state index contributed by atoms with van der Waals surface area (Å²) >= 11 is 6.08. The third-order valence-electron chi connectivity index (χ3n) is 4.27. The zero-order valence-corrected chi connectivity index (χ0v) is 16.5. The highest BCUT2D eigenvalue weighted by molar-refractivity contribution is 6.31. The molecule has 0 saturated heterocycles. The van der Waals surface area contributed by atoms with Gasteiger partial charge in [0.2, 0.25) is 0 Å². The van der Waals surface area contributed by atoms with Crippen molar-refractivity contribution in [3.63, 3.8) is 0 Å². The number of aryl methyl sites for hydroxylation is 1. The number of benzene rings is 2. The summed E-state index contributed by atoms with van der Waals surface area (Å²) in [4.78, 5) is 0. The van der Waals surface area contributed by atoms with E-state index in [1.54, 1.807) is 36.7 Å². The van der Waals surface area contributed by atoms with Crippen LogP contribution in [-0.2, 0) is 6.61 Å². The van der Waals surface area contributed by atoms with Crippen molar-refractivity contribution in [1.82, 2.24) is 9.78 Å². The fourth-order valence-corrected chi connectivity index (χ4v) is 3.01. The topological polar surface area (TPSA) is 60.1 Å². The van der Waals surface area contributed by atoms with Crippen LogP contribution in [0.4, 0.5) is 17.6 Å². The summed E-state index contributed by atoms with van der Waals surface area (Å²) in [5, 5.41) is 13.7. The number of ether oxygens (including phenoxy) is 2. The molecule has 3 rings (SSSR count). The number of halogens is 5. The second-order valence-corrected chi connectivity index (χ2v) is 6.67. The lowest BCUT2D eigenvalue weighted by Crippen LogP contribution is -2.18. The molecule has 0 radical (unpaired) electrons. The molecular formula is C20H14ClF4N3O2. The molecule has 10 heteroatoms. The maximum absolute atomic E-state index is 13.5. The molecule has 0 atom stereocenters. The van der Waals surface area contributed by atoms with Crippen LogP contribution in [0.2, 0.25) is 5.02 Å². The number of nitrogens with zero attached hydrogens (tertiary/aromatic N) is 3. The highest BCUT2D eigenvalue weighted by Crippen LogP contribution is 2.30. The zero-order chi connectivity index (χ0) is 22.1. The van der Waals surface area contributed by atoms with Gasteiger partial charge in [-0.05, 0) is 44.2 Å². The standard InChI is InChI=1S/C20H14ClF4N3O2/c1-11-16(10-29-15-5-6-18(22)19(8-15)30-20(23,24)25)12(2)28(27-11)14-4-3-13(9-26)17(21)7-14/h3-8H,10H2,1-2H3. The molecule has 0 fully saturated rings. The molecule has 3 aromatic rings. The first-order valence-corrected chi connectivity index (χ1v) is 8.90. The minimum Gasteiger partial charge on any atom is -0.489 e. The van der Waals surface area contributed by atoms with E-state index in [4.69, 9.17) is 21.6 Å². The molecule has 0 unspecified atom stereocenters. The van der Waals surface area contributed by atoms with Crippen molar-refractivity contribution in [2.24, 2.45) is 0 Å². The van der Waals surface area contributed by atoms with Crippen LogP contribution in [0.3, 0.4) is 0 Å². The largest absolute Gasteiger partial charge is 0.573 e. The number of hydrogen-bond acceptors (Lipinski definition) is 4. The smallest absolute Gasteiger partial charge is 0.489 e. The van der Waals surface area contributed by atoms with Crippen molar-refractivity contribution in [1.29, 1.82) is 5.26 Å². The van der Waals surface area contributed by atoms with Gasteiger partial charge < -0.3 is 9.47 Å². The van der Waals surface area contributed by atoms with Gasteiger partial charge in [0.15, 0.2) is 11.6 Å². The highest BCUT2D eigenvalue weighted by Gasteiger charge is 2.32. The summed E-state index contributed by atoms with van der Waals surface area (Å²) in [6.45, 7) is 3.52. The Bertz CT molecular complexity index is 1140. The lowest BCUT2D eigenvalue weighted by atomic mass is 10.2. The summed E-state index contributed by atoms with van der Waals surface area (Å²) in [5.74, 6) is -2.13. The van der Waals surface area contributed by atoms with E-state index < -0.39 is 17.9 Å². The van der Waals surface area contributed by atoms with Crippen LogP contribution in [0, 0.1) is 31.0 Å². The van der Waals surface area contributed by atoms with E-state index in [0.717, 1.165) is 12.1 Å². The monoisotopic (exact) mass is 439 g/mol. The predicted octanol–water partition coefficient (Wildman–Crippen LogP) is 5.63. The Labute approximate surface area is 174 Å². The van der Waals surface area contributed by atoms with Crippen LogP contribution in [0.1, 0.15) is 22.5 Å². The van der Waals surface area contributed by atoms with E-state index in [0.29, 0.717) is 28.2 Å². The normalized spacial score (nSPS) is 11.3. The minimum atomic E-state index is -5.02. The molecule has 0 saturated carbocycles. The Hall–Kier alpha value is -3.25. The van der Waals surface area contributed by atoms with Gasteiger partial charge in [-0.1, -0.05) is 11.6 Å². The molecule has 1 heterocycles. The van der Waals surface area contributed by atoms with E-state index in [-0.39, 0.29) is 17.4 Å². The molecule has 0 aliphatic carbocycles. The summed E-state index contributed by atoms with van der Waals surface area (Å²) in [6.07, 6.45) is -5.02. The van der Waals surface area contributed by atoms with Crippen LogP contribution in [0.5, 0.6) is 11.5 Å². The molecule has 30 heavy (non-hydrogen) atoms. The van der Waals surface area contributed by atoms with E-state index >= 15 is 0 Å². The molecule has 2 aromatic carbocycles. The van der Waals surface area contributed by atoms with Crippen LogP contribution < -0.4 is 9.47 Å². The molecule has 0 aliphatic rings. The summed E-state index contributed by atoms with van der Waals surface area (Å²) in [6, 6.07) is 9.71. The second-order valence-electron chi connectivity index (χ2n) is 6.27. The quantitative estimate of drug-likeness (QED) is 0.483. The van der Waals surface area contributed by atoms with Gasteiger partial charge in [0.05, 0.1) is 22.0 Å². The molecule has 1 aromatic heterocycles. The maximum atomic E-state index is 13.5. The third-order valence-corrected chi connectivity index (χ3v) is 4.58. The Morgan fingerprint density at radius 2 is 1.90 bits per heavy atom. The van der Waals surface area contributed by atoms with Crippen molar-refractivity contribution >= 4 is 11.6 Å². The molecule has 0 spiro atoms. The van der Waals surface area contributed by atoms with Gasteiger partial charge in [-0.15, -0.1) is 13.2 Å². The van der Waals surface area contributed by atoms with Gasteiger partial charge >= 0.3 is 6.36 Å². The Balaban J connectivity index is 1.83. The first-order valence-electron chi connectivity index (χ1n) is 8.52. The second kappa shape index (κ2) is 8.24. The van der Waals surface area contributed by atoms with Crippen LogP contribution in [0.25, 0.3) is 5.69 Å². The fourth-order valence-electron chi connectivity index (χ4n) is 2.79. The van der Waals surface area contributed by atoms with Crippen molar-refractivity contribution in [2.45, 2.75) is 26.8 Å². The fraction of sp³-hybridized carbons (Fsp3) is 0.200. The molecular weight excluding hydrogens is 426 g/mol. The number of aromatic nitrogens is 2. The van der Waals surface area contributed by atoms with Gasteiger partial charge in [-0.25, -0.2) is 9.07 Å². The number of nitriles is 1. The lowest BCUT2D eigenvalue weighted by molar-refractivity contribution is -0.275. The van der Waals surface area contributed by atoms with E-state index in [9.17, 15) is 17.6 Å². The van der Waals surface area contributed by atoms with Gasteiger partial charge in [0, 0.05) is 17.3 Å². The number of hydrogen-bond donors (Lipinski definition) is 0. The lowest BCUT2D eigenvalue weighted by Gasteiger charge is -2.12. The first-order chi connectivity index (χ1) is 14.1. The average molecular weight is 440 g/mol. The Kier molecular flexibility index (Phi) is 5.89. The Morgan fingerprint density at radius 3 is 2.53 bits per heavy atom. The van der Waals surface area contributed by atoms with Crippen LogP contribution in [0.15, 0.2) is 36.4 Å². The van der Waals surface area contributed by atoms with Crippen molar-refractivity contribution in [3.8, 4) is 23.3 Å². The maximum Gasteiger partial charge on any atom is 0.573 e. The molecule has 5 nitrogen and oxygen atoms in total. The first kappa shape index (κ1) is 21.5. The van der Waals surface area contributed by atoms with Gasteiger partial charge in [-0.2, -0.15) is 10.4 Å². The van der Waals surface area contributed by atoms with Crippen LogP contribution in [-0.4, -0.2) is 16.1 Å². The van der Waals surface area contributed by atoms with Gasteiger partial charge in [0.1, 0.15) is 18.4 Å². The van der Waals surface area contributed by atoms with E-state index in [1.807, 2.05) is 6.07 Å². The highest BCUT2D eigenvalue weighted by atomic mass is 35.5. The van der Waals surface area contributed by atoms with Gasteiger partial charge in [0.25, 0.3) is 0 Å². The van der Waals surface area contributed by atoms with Crippen molar-refractivity contribution < 1.29 is 27.0 Å². The predicted molar refractivity (Wildman–Crippen MR) is 100 cm³/mol. The molecule has 156 valence electrons. The molecule has 0 bridgehead atoms. The Morgan fingerprint density at radius 1 is 1.17 bits per heavy atom. The van der Waals surface area contributed by atoms with E-state index in [1.165, 1.54) is 6.07 Å². The zero-order valence-electron chi connectivity index (χ0n) is 15.7. The van der Waals surface area contributed by atoms with Gasteiger partial charge in [-0.3, -0.25) is 0 Å².